The third-order valence-corrected chi connectivity index (χ3v) is 5.76. The van der Waals surface area contributed by atoms with Crippen molar-refractivity contribution >= 4 is 46.4 Å². The smallest absolute Gasteiger partial charge is 0.234 e. The van der Waals surface area contributed by atoms with E-state index in [4.69, 9.17) is 5.90 Å². The summed E-state index contributed by atoms with van der Waals surface area (Å²) < 4.78 is 1.83. The zero-order valence-electron chi connectivity index (χ0n) is 16.0. The van der Waals surface area contributed by atoms with Crippen molar-refractivity contribution in [2.24, 2.45) is 18.1 Å². The van der Waals surface area contributed by atoms with Crippen LogP contribution in [0.25, 0.3) is 5.57 Å². The average Bonchev–Trinajstić information content (AvgIpc) is 3.08. The third kappa shape index (κ3) is 5.17. The van der Waals surface area contributed by atoms with E-state index in [1.54, 1.807) is 17.8 Å². The summed E-state index contributed by atoms with van der Waals surface area (Å²) in [6, 6.07) is 7.72. The Kier molecular flexibility index (Phi) is 6.91. The molecule has 150 valence electrons. The van der Waals surface area contributed by atoms with E-state index in [1.807, 2.05) is 54.3 Å². The SMILES string of the molecule is C=C1C=C(c2nnc(SCC(=O)Nc3cccc(SC)c3)n2C)C=C/C1=N/ON. The average molecular weight is 429 g/mol. The van der Waals surface area contributed by atoms with Gasteiger partial charge in [-0.1, -0.05) is 29.6 Å². The summed E-state index contributed by atoms with van der Waals surface area (Å²) in [7, 11) is 1.85. The normalized spacial score (nSPS) is 14.8. The highest BCUT2D eigenvalue weighted by Crippen LogP contribution is 2.25. The summed E-state index contributed by atoms with van der Waals surface area (Å²) in [5.74, 6) is 5.75. The fourth-order valence-electron chi connectivity index (χ4n) is 2.59. The number of rotatable bonds is 7. The monoisotopic (exact) mass is 428 g/mol. The van der Waals surface area contributed by atoms with E-state index in [1.165, 1.54) is 11.8 Å². The first-order valence-corrected chi connectivity index (χ1v) is 10.7. The molecule has 1 aliphatic carbocycles. The summed E-state index contributed by atoms with van der Waals surface area (Å²) in [6.07, 6.45) is 7.38. The molecule has 1 amide bonds. The minimum absolute atomic E-state index is 0.106. The number of carbonyl (C=O) groups excluding carboxylic acids is 1. The van der Waals surface area contributed by atoms with Crippen LogP contribution in [0.15, 0.2) is 69.9 Å². The van der Waals surface area contributed by atoms with Crippen LogP contribution in [0.3, 0.4) is 0 Å². The molecule has 0 saturated carbocycles. The largest absolute Gasteiger partial charge is 0.325 e. The minimum Gasteiger partial charge on any atom is -0.325 e. The maximum atomic E-state index is 12.3. The van der Waals surface area contributed by atoms with Gasteiger partial charge in [0, 0.05) is 23.2 Å². The van der Waals surface area contributed by atoms with Crippen LogP contribution in [-0.4, -0.2) is 38.4 Å². The number of benzene rings is 1. The fourth-order valence-corrected chi connectivity index (χ4v) is 3.76. The molecule has 0 unspecified atom stereocenters. The summed E-state index contributed by atoms with van der Waals surface area (Å²) in [5, 5.41) is 15.6. The van der Waals surface area contributed by atoms with Crippen molar-refractivity contribution in [2.45, 2.75) is 10.1 Å². The molecule has 1 heterocycles. The Morgan fingerprint density at radius 3 is 2.93 bits per heavy atom. The first-order valence-electron chi connectivity index (χ1n) is 8.51. The van der Waals surface area contributed by atoms with Gasteiger partial charge in [0.05, 0.1) is 5.75 Å². The molecule has 1 aliphatic rings. The topological polar surface area (TPSA) is 107 Å². The van der Waals surface area contributed by atoms with Crippen LogP contribution in [0.4, 0.5) is 5.69 Å². The van der Waals surface area contributed by atoms with Crippen molar-refractivity contribution < 1.29 is 9.73 Å². The number of nitrogens with zero attached hydrogens (tertiary/aromatic N) is 4. The Morgan fingerprint density at radius 1 is 1.38 bits per heavy atom. The number of thioether (sulfide) groups is 2. The lowest BCUT2D eigenvalue weighted by Gasteiger charge is -2.10. The van der Waals surface area contributed by atoms with Crippen molar-refractivity contribution in [3.63, 3.8) is 0 Å². The number of nitrogens with one attached hydrogen (secondary N) is 1. The number of amides is 1. The molecule has 0 saturated heterocycles. The van der Waals surface area contributed by atoms with E-state index in [0.717, 1.165) is 16.2 Å². The number of nitrogens with two attached hydrogens (primary N) is 1. The van der Waals surface area contributed by atoms with Gasteiger partial charge in [-0.05, 0) is 48.3 Å². The predicted octanol–water partition coefficient (Wildman–Crippen LogP) is 3.02. The minimum atomic E-state index is -0.106. The van der Waals surface area contributed by atoms with E-state index in [0.29, 0.717) is 22.3 Å². The maximum Gasteiger partial charge on any atom is 0.234 e. The van der Waals surface area contributed by atoms with Gasteiger partial charge in [0.2, 0.25) is 5.91 Å². The molecular weight excluding hydrogens is 408 g/mol. The number of allylic oxidation sites excluding steroid dienone is 5. The van der Waals surface area contributed by atoms with Gasteiger partial charge < -0.3 is 14.8 Å². The molecule has 10 heteroatoms. The molecule has 2 aromatic rings. The lowest BCUT2D eigenvalue weighted by Crippen LogP contribution is -2.14. The molecule has 0 fully saturated rings. The summed E-state index contributed by atoms with van der Waals surface area (Å²) in [5.41, 5.74) is 2.79. The number of anilines is 1. The Hall–Kier alpha value is -2.82. The molecule has 3 N–H and O–H groups in total. The van der Waals surface area contributed by atoms with Gasteiger partial charge in [0.25, 0.3) is 0 Å². The van der Waals surface area contributed by atoms with E-state index in [9.17, 15) is 4.79 Å². The Labute approximate surface area is 176 Å². The summed E-state index contributed by atoms with van der Waals surface area (Å²) in [6.45, 7) is 3.93. The Bertz CT molecular complexity index is 1030. The molecule has 0 bridgehead atoms. The van der Waals surface area contributed by atoms with Gasteiger partial charge in [-0.25, -0.2) is 0 Å². The third-order valence-electron chi connectivity index (χ3n) is 4.01. The highest BCUT2D eigenvalue weighted by atomic mass is 32.2. The molecular formula is C19H20N6O2S2. The van der Waals surface area contributed by atoms with Crippen molar-refractivity contribution in [3.05, 3.63) is 60.5 Å². The van der Waals surface area contributed by atoms with Crippen LogP contribution in [-0.2, 0) is 16.8 Å². The molecule has 1 aromatic carbocycles. The first kappa shape index (κ1) is 20.9. The molecule has 29 heavy (non-hydrogen) atoms. The molecule has 0 spiro atoms. The van der Waals surface area contributed by atoms with Gasteiger partial charge in [-0.2, -0.15) is 0 Å². The maximum absolute atomic E-state index is 12.3. The van der Waals surface area contributed by atoms with E-state index >= 15 is 0 Å². The summed E-state index contributed by atoms with van der Waals surface area (Å²) >= 11 is 2.94. The van der Waals surface area contributed by atoms with E-state index < -0.39 is 0 Å². The molecule has 1 aromatic heterocycles. The van der Waals surface area contributed by atoms with E-state index in [2.05, 4.69) is 32.2 Å². The first-order chi connectivity index (χ1) is 14.0. The van der Waals surface area contributed by atoms with Crippen molar-refractivity contribution in [2.75, 3.05) is 17.3 Å². The lowest BCUT2D eigenvalue weighted by atomic mass is 10.0. The Morgan fingerprint density at radius 2 is 2.21 bits per heavy atom. The standard InChI is InChI=1S/C19H20N6O2S2/c1-12-9-13(7-8-16(12)24-27-20)18-22-23-19(25(18)2)29-11-17(26)21-14-5-4-6-15(10-14)28-3/h4-10H,1,11,20H2,2-3H3,(H,21,26)/b24-16-. The lowest BCUT2D eigenvalue weighted by molar-refractivity contribution is -0.113. The molecule has 0 aliphatic heterocycles. The molecule has 3 rings (SSSR count). The number of hydrogen-bond donors (Lipinski definition) is 2. The van der Waals surface area contributed by atoms with Crippen molar-refractivity contribution in [3.8, 4) is 0 Å². The van der Waals surface area contributed by atoms with Crippen LogP contribution in [0.1, 0.15) is 5.82 Å². The van der Waals surface area contributed by atoms with Crippen LogP contribution in [0.5, 0.6) is 0 Å². The highest BCUT2D eigenvalue weighted by Gasteiger charge is 2.17. The second-order valence-electron chi connectivity index (χ2n) is 5.97. The molecule has 0 atom stereocenters. The van der Waals surface area contributed by atoms with Crippen LogP contribution in [0.2, 0.25) is 0 Å². The number of oxime groups is 1. The number of hydrogen-bond acceptors (Lipinski definition) is 8. The number of aromatic nitrogens is 3. The zero-order chi connectivity index (χ0) is 20.8. The Balaban J connectivity index is 1.63. The van der Waals surface area contributed by atoms with Crippen molar-refractivity contribution in [1.82, 2.24) is 14.8 Å². The van der Waals surface area contributed by atoms with Crippen LogP contribution < -0.4 is 11.2 Å². The molecule has 0 radical (unpaired) electrons. The quantitative estimate of drug-likeness (QED) is 0.515. The second-order valence-corrected chi connectivity index (χ2v) is 7.80. The van der Waals surface area contributed by atoms with E-state index in [-0.39, 0.29) is 11.7 Å². The van der Waals surface area contributed by atoms with Crippen LogP contribution >= 0.6 is 23.5 Å². The fraction of sp³-hybridized carbons (Fsp3) is 0.158. The predicted molar refractivity (Wildman–Crippen MR) is 118 cm³/mol. The van der Waals surface area contributed by atoms with Crippen LogP contribution in [0, 0.1) is 0 Å². The number of carbonyl (C=O) groups is 1. The highest BCUT2D eigenvalue weighted by molar-refractivity contribution is 7.99. The second kappa shape index (κ2) is 9.59. The molecule has 8 nitrogen and oxygen atoms in total. The van der Waals surface area contributed by atoms with Gasteiger partial charge in [0.15, 0.2) is 11.0 Å². The van der Waals surface area contributed by atoms with Crippen molar-refractivity contribution in [1.29, 1.82) is 0 Å². The zero-order valence-corrected chi connectivity index (χ0v) is 17.6. The van der Waals surface area contributed by atoms with Gasteiger partial charge >= 0.3 is 0 Å². The van der Waals surface area contributed by atoms with Gasteiger partial charge in [-0.3, -0.25) is 4.79 Å². The van der Waals surface area contributed by atoms with Gasteiger partial charge in [-0.15, -0.1) is 27.9 Å². The summed E-state index contributed by atoms with van der Waals surface area (Å²) in [4.78, 5) is 17.7. The van der Waals surface area contributed by atoms with Gasteiger partial charge in [0.1, 0.15) is 5.71 Å².